The molecule has 1 fully saturated rings. The number of aromatic carboxylic acids is 1. The molecule has 17 heavy (non-hydrogen) atoms. The smallest absolute Gasteiger partial charge is 0.337 e. The lowest BCUT2D eigenvalue weighted by molar-refractivity contribution is 0.0696. The molecule has 4 heteroatoms. The number of hydrogen-bond acceptors (Lipinski definition) is 3. The molecular formula is C13H17NO3. The molecule has 0 aliphatic carbocycles. The van der Waals surface area contributed by atoms with E-state index < -0.39 is 5.97 Å². The summed E-state index contributed by atoms with van der Waals surface area (Å²) in [5.41, 5.74) is 2.36. The lowest BCUT2D eigenvalue weighted by atomic mass is 10.1. The lowest BCUT2D eigenvalue weighted by Gasteiger charge is -2.30. The van der Waals surface area contributed by atoms with Crippen LogP contribution >= 0.6 is 0 Å². The quantitative estimate of drug-likeness (QED) is 0.867. The van der Waals surface area contributed by atoms with Gasteiger partial charge >= 0.3 is 5.97 Å². The first-order valence-electron chi connectivity index (χ1n) is 5.91. The Bertz CT molecular complexity index is 411. The Morgan fingerprint density at radius 1 is 1.41 bits per heavy atom. The average molecular weight is 235 g/mol. The normalized spacial score (nSPS) is 15.9. The number of carboxylic acids is 1. The van der Waals surface area contributed by atoms with Crippen LogP contribution in [0.25, 0.3) is 0 Å². The highest BCUT2D eigenvalue weighted by molar-refractivity contribution is 5.94. The van der Waals surface area contributed by atoms with Gasteiger partial charge in [0.05, 0.1) is 24.5 Å². The standard InChI is InChI=1S/C13H17NO3/c1-2-10-3-4-11(13(15)16)12(9-10)14-5-7-17-8-6-14/h3-4,9H,2,5-8H2,1H3,(H,15,16). The molecule has 1 aromatic rings. The van der Waals surface area contributed by atoms with Crippen LogP contribution in [-0.4, -0.2) is 37.4 Å². The molecule has 1 heterocycles. The summed E-state index contributed by atoms with van der Waals surface area (Å²) in [6.07, 6.45) is 0.914. The van der Waals surface area contributed by atoms with E-state index in [9.17, 15) is 9.90 Å². The van der Waals surface area contributed by atoms with Gasteiger partial charge in [-0.05, 0) is 24.1 Å². The monoisotopic (exact) mass is 235 g/mol. The van der Waals surface area contributed by atoms with E-state index in [2.05, 4.69) is 11.8 Å². The average Bonchev–Trinajstić information content (AvgIpc) is 2.39. The van der Waals surface area contributed by atoms with E-state index in [4.69, 9.17) is 4.74 Å². The molecule has 92 valence electrons. The van der Waals surface area contributed by atoms with Crippen molar-refractivity contribution in [2.45, 2.75) is 13.3 Å². The van der Waals surface area contributed by atoms with E-state index in [1.54, 1.807) is 6.07 Å². The third kappa shape index (κ3) is 2.58. The molecule has 1 aliphatic rings. The van der Waals surface area contributed by atoms with E-state index in [0.29, 0.717) is 18.8 Å². The van der Waals surface area contributed by atoms with E-state index >= 15 is 0 Å². The molecule has 0 amide bonds. The van der Waals surface area contributed by atoms with Gasteiger partial charge in [-0.2, -0.15) is 0 Å². The van der Waals surface area contributed by atoms with Crippen molar-refractivity contribution in [1.29, 1.82) is 0 Å². The van der Waals surface area contributed by atoms with Crippen molar-refractivity contribution in [3.63, 3.8) is 0 Å². The van der Waals surface area contributed by atoms with Crippen LogP contribution in [0.3, 0.4) is 0 Å². The van der Waals surface area contributed by atoms with Crippen LogP contribution in [0.15, 0.2) is 18.2 Å². The summed E-state index contributed by atoms with van der Waals surface area (Å²) in [6.45, 7) is 4.91. The fourth-order valence-electron chi connectivity index (χ4n) is 2.04. The number of carbonyl (C=O) groups is 1. The zero-order chi connectivity index (χ0) is 12.3. The van der Waals surface area contributed by atoms with Crippen LogP contribution in [-0.2, 0) is 11.2 Å². The molecule has 0 bridgehead atoms. The number of anilines is 1. The van der Waals surface area contributed by atoms with Crippen LogP contribution in [0.5, 0.6) is 0 Å². The highest BCUT2D eigenvalue weighted by Crippen LogP contribution is 2.23. The molecule has 2 rings (SSSR count). The van der Waals surface area contributed by atoms with Crippen LogP contribution in [0.1, 0.15) is 22.8 Å². The zero-order valence-corrected chi connectivity index (χ0v) is 9.98. The second-order valence-electron chi connectivity index (χ2n) is 4.11. The summed E-state index contributed by atoms with van der Waals surface area (Å²) in [6, 6.07) is 5.56. The maximum absolute atomic E-state index is 11.2. The van der Waals surface area contributed by atoms with Gasteiger partial charge in [0.2, 0.25) is 0 Å². The van der Waals surface area contributed by atoms with Crippen molar-refractivity contribution in [2.24, 2.45) is 0 Å². The highest BCUT2D eigenvalue weighted by Gasteiger charge is 2.18. The fraction of sp³-hybridized carbons (Fsp3) is 0.462. The summed E-state index contributed by atoms with van der Waals surface area (Å²) in [7, 11) is 0. The van der Waals surface area contributed by atoms with Crippen LogP contribution in [0, 0.1) is 0 Å². The topological polar surface area (TPSA) is 49.8 Å². The molecule has 0 radical (unpaired) electrons. The second-order valence-corrected chi connectivity index (χ2v) is 4.11. The first kappa shape index (κ1) is 11.9. The number of morpholine rings is 1. The molecule has 0 spiro atoms. The van der Waals surface area contributed by atoms with Crippen molar-refractivity contribution < 1.29 is 14.6 Å². The number of carboxylic acid groups (broad SMARTS) is 1. The lowest BCUT2D eigenvalue weighted by Crippen LogP contribution is -2.37. The van der Waals surface area contributed by atoms with Crippen molar-refractivity contribution in [3.05, 3.63) is 29.3 Å². The largest absolute Gasteiger partial charge is 0.478 e. The Morgan fingerprint density at radius 2 is 2.12 bits per heavy atom. The number of rotatable bonds is 3. The van der Waals surface area contributed by atoms with Crippen LogP contribution in [0.4, 0.5) is 5.69 Å². The van der Waals surface area contributed by atoms with Gasteiger partial charge in [0.1, 0.15) is 0 Å². The van der Waals surface area contributed by atoms with Gasteiger partial charge < -0.3 is 14.7 Å². The molecule has 1 N–H and O–H groups in total. The summed E-state index contributed by atoms with van der Waals surface area (Å²) >= 11 is 0. The summed E-state index contributed by atoms with van der Waals surface area (Å²) < 4.78 is 5.29. The van der Waals surface area contributed by atoms with Crippen molar-refractivity contribution >= 4 is 11.7 Å². The number of benzene rings is 1. The SMILES string of the molecule is CCc1ccc(C(=O)O)c(N2CCOCC2)c1. The summed E-state index contributed by atoms with van der Waals surface area (Å²) in [4.78, 5) is 13.3. The molecule has 4 nitrogen and oxygen atoms in total. The Kier molecular flexibility index (Phi) is 3.64. The third-order valence-corrected chi connectivity index (χ3v) is 3.05. The third-order valence-electron chi connectivity index (χ3n) is 3.05. The van der Waals surface area contributed by atoms with E-state index in [0.717, 1.165) is 30.8 Å². The predicted molar refractivity (Wildman–Crippen MR) is 65.8 cm³/mol. The number of ether oxygens (including phenoxy) is 1. The molecule has 0 atom stereocenters. The van der Waals surface area contributed by atoms with Crippen LogP contribution in [0.2, 0.25) is 0 Å². The zero-order valence-electron chi connectivity index (χ0n) is 9.98. The van der Waals surface area contributed by atoms with Crippen LogP contribution < -0.4 is 4.90 Å². The van der Waals surface area contributed by atoms with Gasteiger partial charge in [0.15, 0.2) is 0 Å². The first-order chi connectivity index (χ1) is 8.22. The Labute approximate surface area is 101 Å². The Balaban J connectivity index is 2.36. The Hall–Kier alpha value is -1.55. The van der Waals surface area contributed by atoms with Crippen molar-refractivity contribution in [3.8, 4) is 0 Å². The van der Waals surface area contributed by atoms with Crippen molar-refractivity contribution in [1.82, 2.24) is 0 Å². The summed E-state index contributed by atoms with van der Waals surface area (Å²) in [5, 5.41) is 9.20. The van der Waals surface area contributed by atoms with Gasteiger partial charge in [0.25, 0.3) is 0 Å². The first-order valence-corrected chi connectivity index (χ1v) is 5.91. The number of aryl methyl sites for hydroxylation is 1. The predicted octanol–water partition coefficient (Wildman–Crippen LogP) is 1.78. The molecular weight excluding hydrogens is 218 g/mol. The fourth-order valence-corrected chi connectivity index (χ4v) is 2.04. The highest BCUT2D eigenvalue weighted by atomic mass is 16.5. The minimum Gasteiger partial charge on any atom is -0.478 e. The minimum absolute atomic E-state index is 0.379. The molecule has 1 aliphatic heterocycles. The second kappa shape index (κ2) is 5.19. The van der Waals surface area contributed by atoms with E-state index in [1.807, 2.05) is 12.1 Å². The van der Waals surface area contributed by atoms with E-state index in [-0.39, 0.29) is 0 Å². The summed E-state index contributed by atoms with van der Waals surface area (Å²) in [5.74, 6) is -0.867. The molecule has 0 unspecified atom stereocenters. The maximum Gasteiger partial charge on any atom is 0.337 e. The van der Waals surface area contributed by atoms with Gasteiger partial charge in [-0.15, -0.1) is 0 Å². The number of hydrogen-bond donors (Lipinski definition) is 1. The Morgan fingerprint density at radius 3 is 2.71 bits per heavy atom. The molecule has 1 saturated heterocycles. The maximum atomic E-state index is 11.2. The van der Waals surface area contributed by atoms with Crippen molar-refractivity contribution in [2.75, 3.05) is 31.2 Å². The minimum atomic E-state index is -0.867. The molecule has 1 aromatic carbocycles. The van der Waals surface area contributed by atoms with Gasteiger partial charge in [-0.1, -0.05) is 13.0 Å². The molecule has 0 aromatic heterocycles. The number of nitrogens with zero attached hydrogens (tertiary/aromatic N) is 1. The van der Waals surface area contributed by atoms with E-state index in [1.165, 1.54) is 0 Å². The van der Waals surface area contributed by atoms with Gasteiger partial charge in [0, 0.05) is 13.1 Å². The van der Waals surface area contributed by atoms with Gasteiger partial charge in [-0.3, -0.25) is 0 Å². The molecule has 0 saturated carbocycles. The van der Waals surface area contributed by atoms with Gasteiger partial charge in [-0.25, -0.2) is 4.79 Å².